The van der Waals surface area contributed by atoms with Crippen LogP contribution in [0.15, 0.2) is 48.7 Å². The molecule has 1 amide bonds. The number of pyridine rings is 1. The van der Waals surface area contributed by atoms with Crippen molar-refractivity contribution in [3.63, 3.8) is 0 Å². The molecule has 1 atom stereocenters. The molecule has 0 fully saturated rings. The highest BCUT2D eigenvalue weighted by Crippen LogP contribution is 2.41. The smallest absolute Gasteiger partial charge is 0.408 e. The fourth-order valence-electron chi connectivity index (χ4n) is 4.90. The van der Waals surface area contributed by atoms with Gasteiger partial charge in [-0.3, -0.25) is 19.3 Å². The van der Waals surface area contributed by atoms with Crippen LogP contribution in [0.25, 0.3) is 22.0 Å². The average molecular weight is 592 g/mol. The van der Waals surface area contributed by atoms with Gasteiger partial charge in [-0.2, -0.15) is 5.10 Å². The first-order chi connectivity index (χ1) is 18.6. The Balaban J connectivity index is 2.00. The lowest BCUT2D eigenvalue weighted by Crippen LogP contribution is -2.48. The van der Waals surface area contributed by atoms with Gasteiger partial charge in [0.05, 0.1) is 33.9 Å². The van der Waals surface area contributed by atoms with Crippen molar-refractivity contribution in [3.8, 4) is 11.1 Å². The van der Waals surface area contributed by atoms with Gasteiger partial charge in [0, 0.05) is 36.0 Å². The standard InChI is InChI=1S/C27H28ClF2N5O4S/c1-27(2,3)35(26(36)37)21(13-15-11-16(29)14-17(30)12-15)23-18(7-6-10-31-23)19-8-9-20(28)22-24(19)34(4)32-25(22)33-40(5,38)39/h6-12,14,21H,13H2,1-5H3,(H,32,33)(H,36,37)/t21-/m0/s1. The van der Waals surface area contributed by atoms with Crippen LogP contribution in [-0.4, -0.2) is 51.1 Å². The summed E-state index contributed by atoms with van der Waals surface area (Å²) >= 11 is 6.49. The minimum Gasteiger partial charge on any atom is -0.465 e. The van der Waals surface area contributed by atoms with E-state index >= 15 is 0 Å². The molecule has 2 N–H and O–H groups in total. The van der Waals surface area contributed by atoms with Crippen molar-refractivity contribution < 1.29 is 27.1 Å². The number of nitrogens with one attached hydrogen (secondary N) is 1. The summed E-state index contributed by atoms with van der Waals surface area (Å²) in [5.74, 6) is -1.54. The number of aromatic nitrogens is 3. The van der Waals surface area contributed by atoms with Crippen LogP contribution in [0.3, 0.4) is 0 Å². The number of hydrogen-bond acceptors (Lipinski definition) is 5. The zero-order chi connectivity index (χ0) is 29.6. The lowest BCUT2D eigenvalue weighted by Gasteiger charge is -2.40. The number of fused-ring (bicyclic) bond motifs is 1. The number of amides is 1. The van der Waals surface area contributed by atoms with Crippen LogP contribution in [0.5, 0.6) is 0 Å². The van der Waals surface area contributed by atoms with Crippen molar-refractivity contribution in [2.24, 2.45) is 7.05 Å². The summed E-state index contributed by atoms with van der Waals surface area (Å²) in [6, 6.07) is 8.80. The van der Waals surface area contributed by atoms with Crippen LogP contribution in [-0.2, 0) is 23.5 Å². The van der Waals surface area contributed by atoms with Gasteiger partial charge in [0.25, 0.3) is 0 Å². The monoisotopic (exact) mass is 591 g/mol. The van der Waals surface area contributed by atoms with Gasteiger partial charge >= 0.3 is 6.09 Å². The van der Waals surface area contributed by atoms with Gasteiger partial charge in [0.2, 0.25) is 10.0 Å². The molecule has 0 unspecified atom stereocenters. The van der Waals surface area contributed by atoms with Crippen LogP contribution < -0.4 is 4.72 Å². The maximum absolute atomic E-state index is 14.1. The summed E-state index contributed by atoms with van der Waals surface area (Å²) in [6.07, 6.45) is 1.18. The molecule has 0 radical (unpaired) electrons. The van der Waals surface area contributed by atoms with Gasteiger partial charge < -0.3 is 5.11 Å². The molecule has 2 heterocycles. The fraction of sp³-hybridized carbons (Fsp3) is 0.296. The molecule has 2 aromatic carbocycles. The van der Waals surface area contributed by atoms with E-state index < -0.39 is 39.3 Å². The molecule has 0 aliphatic carbocycles. The van der Waals surface area contributed by atoms with Crippen molar-refractivity contribution in [1.29, 1.82) is 0 Å². The van der Waals surface area contributed by atoms with E-state index in [1.807, 2.05) is 0 Å². The Morgan fingerprint density at radius 2 is 1.80 bits per heavy atom. The predicted molar refractivity (Wildman–Crippen MR) is 150 cm³/mol. The molecule has 2 aromatic heterocycles. The Bertz CT molecular complexity index is 1700. The third-order valence-electron chi connectivity index (χ3n) is 6.26. The van der Waals surface area contributed by atoms with E-state index in [1.54, 1.807) is 52.1 Å². The van der Waals surface area contributed by atoms with Crippen LogP contribution in [0.1, 0.15) is 38.1 Å². The molecule has 0 saturated heterocycles. The van der Waals surface area contributed by atoms with E-state index in [0.29, 0.717) is 27.7 Å². The zero-order valence-electron chi connectivity index (χ0n) is 22.4. The number of rotatable bonds is 7. The number of aryl methyl sites for hydroxylation is 1. The second kappa shape index (κ2) is 10.7. The number of halogens is 3. The van der Waals surface area contributed by atoms with E-state index in [2.05, 4.69) is 14.8 Å². The van der Waals surface area contributed by atoms with Crippen molar-refractivity contribution in [2.45, 2.75) is 38.8 Å². The molecule has 0 bridgehead atoms. The molecule has 0 spiro atoms. The molecule has 212 valence electrons. The van der Waals surface area contributed by atoms with Crippen LogP contribution in [0.2, 0.25) is 5.02 Å². The van der Waals surface area contributed by atoms with Crippen LogP contribution in [0, 0.1) is 11.6 Å². The maximum atomic E-state index is 14.1. The van der Waals surface area contributed by atoms with E-state index in [1.165, 1.54) is 15.8 Å². The number of nitrogens with zero attached hydrogens (tertiary/aromatic N) is 4. The van der Waals surface area contributed by atoms with E-state index in [4.69, 9.17) is 11.6 Å². The second-order valence-electron chi connectivity index (χ2n) is 10.4. The summed E-state index contributed by atoms with van der Waals surface area (Å²) in [7, 11) is -2.06. The molecule has 40 heavy (non-hydrogen) atoms. The Kier molecular flexibility index (Phi) is 7.79. The molecule has 13 heteroatoms. The van der Waals surface area contributed by atoms with E-state index in [9.17, 15) is 27.1 Å². The number of carboxylic acid groups (broad SMARTS) is 1. The van der Waals surface area contributed by atoms with Crippen molar-refractivity contribution in [3.05, 3.63) is 76.6 Å². The van der Waals surface area contributed by atoms with E-state index in [0.717, 1.165) is 24.5 Å². The van der Waals surface area contributed by atoms with Crippen LogP contribution in [0.4, 0.5) is 19.4 Å². The molecular weight excluding hydrogens is 564 g/mol. The van der Waals surface area contributed by atoms with Crippen molar-refractivity contribution in [2.75, 3.05) is 11.0 Å². The Hall–Kier alpha value is -3.77. The van der Waals surface area contributed by atoms with Crippen molar-refractivity contribution >= 4 is 44.4 Å². The molecule has 4 rings (SSSR count). The first-order valence-corrected chi connectivity index (χ1v) is 14.4. The molecule has 0 aliphatic heterocycles. The largest absolute Gasteiger partial charge is 0.465 e. The highest BCUT2D eigenvalue weighted by atomic mass is 35.5. The Morgan fingerprint density at radius 1 is 1.15 bits per heavy atom. The summed E-state index contributed by atoms with van der Waals surface area (Å²) in [4.78, 5) is 18.4. The zero-order valence-corrected chi connectivity index (χ0v) is 24.0. The summed E-state index contributed by atoms with van der Waals surface area (Å²) < 4.78 is 56.1. The van der Waals surface area contributed by atoms with Crippen LogP contribution >= 0.6 is 11.6 Å². The fourth-order valence-corrected chi connectivity index (χ4v) is 5.64. The molecule has 0 saturated carbocycles. The second-order valence-corrected chi connectivity index (χ2v) is 12.6. The third-order valence-corrected chi connectivity index (χ3v) is 7.13. The normalized spacial score (nSPS) is 12.9. The summed E-state index contributed by atoms with van der Waals surface area (Å²) in [5, 5.41) is 15.2. The minimum atomic E-state index is -3.68. The number of anilines is 1. The first-order valence-electron chi connectivity index (χ1n) is 12.1. The van der Waals surface area contributed by atoms with Gasteiger partial charge in [0.15, 0.2) is 5.82 Å². The van der Waals surface area contributed by atoms with Gasteiger partial charge in [-0.25, -0.2) is 22.0 Å². The summed E-state index contributed by atoms with van der Waals surface area (Å²) in [6.45, 7) is 5.15. The quantitative estimate of drug-likeness (QED) is 0.272. The minimum absolute atomic E-state index is 0.0333. The SMILES string of the molecule is Cn1nc(NS(C)(=O)=O)c2c(Cl)ccc(-c3cccnc3[C@H](Cc3cc(F)cc(F)c3)N(C(=O)O)C(C)(C)C)c21. The molecule has 4 aromatic rings. The molecular formula is C27H28ClF2N5O4S. The Morgan fingerprint density at radius 3 is 2.38 bits per heavy atom. The topological polar surface area (TPSA) is 117 Å². The maximum Gasteiger partial charge on any atom is 0.408 e. The highest BCUT2D eigenvalue weighted by molar-refractivity contribution is 7.92. The third kappa shape index (κ3) is 6.02. The number of sulfonamides is 1. The lowest BCUT2D eigenvalue weighted by atomic mass is 9.91. The predicted octanol–water partition coefficient (Wildman–Crippen LogP) is 6.00. The molecule has 9 nitrogen and oxygen atoms in total. The van der Waals surface area contributed by atoms with Gasteiger partial charge in [-0.15, -0.1) is 0 Å². The average Bonchev–Trinajstić information content (AvgIpc) is 3.12. The van der Waals surface area contributed by atoms with Gasteiger partial charge in [-0.05, 0) is 57.0 Å². The Labute approximate surface area is 235 Å². The number of benzene rings is 2. The van der Waals surface area contributed by atoms with Gasteiger partial charge in [-0.1, -0.05) is 23.7 Å². The van der Waals surface area contributed by atoms with Crippen molar-refractivity contribution in [1.82, 2.24) is 19.7 Å². The lowest BCUT2D eigenvalue weighted by molar-refractivity contribution is 0.0684. The number of carbonyl (C=O) groups is 1. The molecule has 0 aliphatic rings. The number of hydrogen-bond donors (Lipinski definition) is 2. The highest BCUT2D eigenvalue weighted by Gasteiger charge is 2.37. The van der Waals surface area contributed by atoms with E-state index in [-0.39, 0.29) is 22.8 Å². The van der Waals surface area contributed by atoms with Gasteiger partial charge in [0.1, 0.15) is 11.6 Å². The summed E-state index contributed by atoms with van der Waals surface area (Å²) in [5.41, 5.74) is 1.18. The first kappa shape index (κ1) is 29.2.